The van der Waals surface area contributed by atoms with Crippen molar-refractivity contribution in [3.05, 3.63) is 0 Å². The van der Waals surface area contributed by atoms with Gasteiger partial charge in [0.05, 0.1) is 12.1 Å². The van der Waals surface area contributed by atoms with Crippen molar-refractivity contribution in [1.29, 1.82) is 0 Å². The van der Waals surface area contributed by atoms with Crippen molar-refractivity contribution in [2.24, 2.45) is 0 Å². The van der Waals surface area contributed by atoms with Gasteiger partial charge < -0.3 is 15.7 Å². The van der Waals surface area contributed by atoms with Crippen LogP contribution in [-0.2, 0) is 4.79 Å². The van der Waals surface area contributed by atoms with Crippen LogP contribution in [0.5, 0.6) is 0 Å². The van der Waals surface area contributed by atoms with Crippen LogP contribution in [0.1, 0.15) is 53.4 Å². The van der Waals surface area contributed by atoms with Gasteiger partial charge in [-0.25, -0.2) is 0 Å². The van der Waals surface area contributed by atoms with E-state index in [0.29, 0.717) is 6.54 Å². The van der Waals surface area contributed by atoms with Crippen LogP contribution in [0.3, 0.4) is 0 Å². The lowest BCUT2D eigenvalue weighted by molar-refractivity contribution is -0.123. The second kappa shape index (κ2) is 9.42. The van der Waals surface area contributed by atoms with Crippen molar-refractivity contribution < 1.29 is 9.90 Å². The second-order valence-corrected chi connectivity index (χ2v) is 4.59. The average molecular weight is 244 g/mol. The zero-order valence-corrected chi connectivity index (χ0v) is 11.6. The number of carbonyl (C=O) groups is 1. The van der Waals surface area contributed by atoms with Gasteiger partial charge in [0.15, 0.2) is 0 Å². The first-order chi connectivity index (χ1) is 8.04. The molecule has 0 heterocycles. The highest BCUT2D eigenvalue weighted by atomic mass is 16.3. The van der Waals surface area contributed by atoms with Gasteiger partial charge in [-0.2, -0.15) is 0 Å². The van der Waals surface area contributed by atoms with Gasteiger partial charge in [0.25, 0.3) is 0 Å². The summed E-state index contributed by atoms with van der Waals surface area (Å²) in [6.45, 7) is 8.48. The lowest BCUT2D eigenvalue weighted by Gasteiger charge is -2.20. The van der Waals surface area contributed by atoms with Crippen LogP contribution in [-0.4, -0.2) is 35.7 Å². The smallest absolute Gasteiger partial charge is 0.237 e. The molecule has 0 aliphatic heterocycles. The predicted molar refractivity (Wildman–Crippen MR) is 70.9 cm³/mol. The standard InChI is InChI=1S/C13H28N2O2/c1-5-8-12(16)9-14-10(4)13(17)15-11(6-2)7-3/h10-12,14,16H,5-9H2,1-4H3,(H,15,17). The summed E-state index contributed by atoms with van der Waals surface area (Å²) in [7, 11) is 0. The molecular formula is C13H28N2O2. The maximum atomic E-state index is 11.8. The van der Waals surface area contributed by atoms with Crippen molar-refractivity contribution in [2.45, 2.75) is 71.6 Å². The van der Waals surface area contributed by atoms with E-state index < -0.39 is 0 Å². The predicted octanol–water partition coefficient (Wildman–Crippen LogP) is 1.43. The molecule has 3 N–H and O–H groups in total. The van der Waals surface area contributed by atoms with Crippen molar-refractivity contribution in [1.82, 2.24) is 10.6 Å². The molecule has 2 atom stereocenters. The minimum absolute atomic E-state index is 0.0161. The molecule has 0 aliphatic rings. The van der Waals surface area contributed by atoms with Crippen molar-refractivity contribution in [2.75, 3.05) is 6.54 Å². The average Bonchev–Trinajstić information content (AvgIpc) is 2.32. The fourth-order valence-electron chi connectivity index (χ4n) is 1.66. The molecule has 0 spiro atoms. The fraction of sp³-hybridized carbons (Fsp3) is 0.923. The summed E-state index contributed by atoms with van der Waals surface area (Å²) in [5.74, 6) is 0.0161. The Kier molecular flexibility index (Phi) is 9.09. The molecule has 102 valence electrons. The summed E-state index contributed by atoms with van der Waals surface area (Å²) < 4.78 is 0. The number of amides is 1. The number of hydrogen-bond donors (Lipinski definition) is 3. The molecule has 4 heteroatoms. The summed E-state index contributed by atoms with van der Waals surface area (Å²) in [5, 5.41) is 15.6. The molecule has 0 aromatic rings. The number of aliphatic hydroxyl groups excluding tert-OH is 1. The Labute approximate surface area is 105 Å². The third-order valence-corrected chi connectivity index (χ3v) is 3.01. The zero-order valence-electron chi connectivity index (χ0n) is 11.6. The van der Waals surface area contributed by atoms with E-state index in [4.69, 9.17) is 0 Å². The SMILES string of the molecule is CCCC(O)CNC(C)C(=O)NC(CC)CC. The van der Waals surface area contributed by atoms with Gasteiger partial charge in [-0.1, -0.05) is 27.2 Å². The minimum atomic E-state index is -0.358. The summed E-state index contributed by atoms with van der Waals surface area (Å²) in [6.07, 6.45) is 3.27. The monoisotopic (exact) mass is 244 g/mol. The molecule has 0 aliphatic carbocycles. The van der Waals surface area contributed by atoms with Crippen LogP contribution in [0.15, 0.2) is 0 Å². The highest BCUT2D eigenvalue weighted by Gasteiger charge is 2.16. The molecule has 0 aromatic carbocycles. The van der Waals surface area contributed by atoms with E-state index in [2.05, 4.69) is 24.5 Å². The van der Waals surface area contributed by atoms with Gasteiger partial charge >= 0.3 is 0 Å². The molecular weight excluding hydrogens is 216 g/mol. The van der Waals surface area contributed by atoms with E-state index in [1.54, 1.807) is 0 Å². The third-order valence-electron chi connectivity index (χ3n) is 3.01. The summed E-state index contributed by atoms with van der Waals surface area (Å²) in [6, 6.07) is 0.00872. The number of hydrogen-bond acceptors (Lipinski definition) is 3. The summed E-state index contributed by atoms with van der Waals surface area (Å²) >= 11 is 0. The Hall–Kier alpha value is -0.610. The van der Waals surface area contributed by atoms with Gasteiger partial charge in [-0.3, -0.25) is 4.79 Å². The third kappa shape index (κ3) is 7.34. The molecule has 0 saturated carbocycles. The first kappa shape index (κ1) is 16.4. The molecule has 0 aromatic heterocycles. The highest BCUT2D eigenvalue weighted by Crippen LogP contribution is 1.98. The van der Waals surface area contributed by atoms with E-state index in [1.165, 1.54) is 0 Å². The van der Waals surface area contributed by atoms with Crippen LogP contribution in [0.4, 0.5) is 0 Å². The Morgan fingerprint density at radius 3 is 2.29 bits per heavy atom. The quantitative estimate of drug-likeness (QED) is 0.575. The zero-order chi connectivity index (χ0) is 13.3. The maximum absolute atomic E-state index is 11.8. The van der Waals surface area contributed by atoms with Crippen LogP contribution in [0.2, 0.25) is 0 Å². The topological polar surface area (TPSA) is 61.4 Å². The summed E-state index contributed by atoms with van der Waals surface area (Å²) in [5.41, 5.74) is 0. The Morgan fingerprint density at radius 2 is 1.82 bits per heavy atom. The molecule has 0 radical (unpaired) electrons. The normalized spacial score (nSPS) is 14.7. The van der Waals surface area contributed by atoms with Gasteiger partial charge in [-0.15, -0.1) is 0 Å². The number of nitrogens with one attached hydrogen (secondary N) is 2. The Balaban J connectivity index is 3.88. The van der Waals surface area contributed by atoms with Crippen LogP contribution >= 0.6 is 0 Å². The van der Waals surface area contributed by atoms with Gasteiger partial charge in [0.1, 0.15) is 0 Å². The number of carbonyl (C=O) groups excluding carboxylic acids is 1. The highest BCUT2D eigenvalue weighted by molar-refractivity contribution is 5.81. The lowest BCUT2D eigenvalue weighted by Crippen LogP contribution is -2.47. The Morgan fingerprint density at radius 1 is 1.24 bits per heavy atom. The lowest BCUT2D eigenvalue weighted by atomic mass is 10.1. The minimum Gasteiger partial charge on any atom is -0.392 e. The van der Waals surface area contributed by atoms with Crippen LogP contribution in [0.25, 0.3) is 0 Å². The molecule has 0 rings (SSSR count). The van der Waals surface area contributed by atoms with Gasteiger partial charge in [0, 0.05) is 12.6 Å². The van der Waals surface area contributed by atoms with Crippen molar-refractivity contribution >= 4 is 5.91 Å². The fourth-order valence-corrected chi connectivity index (χ4v) is 1.66. The van der Waals surface area contributed by atoms with E-state index in [-0.39, 0.29) is 24.1 Å². The van der Waals surface area contributed by atoms with Crippen LogP contribution < -0.4 is 10.6 Å². The van der Waals surface area contributed by atoms with E-state index in [0.717, 1.165) is 25.7 Å². The number of aliphatic hydroxyl groups is 1. The molecule has 0 fully saturated rings. The maximum Gasteiger partial charge on any atom is 0.237 e. The van der Waals surface area contributed by atoms with E-state index in [9.17, 15) is 9.90 Å². The van der Waals surface area contributed by atoms with Crippen molar-refractivity contribution in [3.63, 3.8) is 0 Å². The first-order valence-corrected chi connectivity index (χ1v) is 6.76. The molecule has 4 nitrogen and oxygen atoms in total. The van der Waals surface area contributed by atoms with Crippen molar-refractivity contribution in [3.8, 4) is 0 Å². The first-order valence-electron chi connectivity index (χ1n) is 6.76. The molecule has 0 bridgehead atoms. The van der Waals surface area contributed by atoms with Gasteiger partial charge in [0.2, 0.25) is 5.91 Å². The second-order valence-electron chi connectivity index (χ2n) is 4.59. The molecule has 2 unspecified atom stereocenters. The van der Waals surface area contributed by atoms with Gasteiger partial charge in [-0.05, 0) is 26.2 Å². The van der Waals surface area contributed by atoms with E-state index >= 15 is 0 Å². The summed E-state index contributed by atoms with van der Waals surface area (Å²) in [4.78, 5) is 11.8. The Bertz CT molecular complexity index is 206. The van der Waals surface area contributed by atoms with E-state index in [1.807, 2.05) is 13.8 Å². The number of rotatable bonds is 9. The molecule has 0 saturated heterocycles. The molecule has 17 heavy (non-hydrogen) atoms. The largest absolute Gasteiger partial charge is 0.392 e. The van der Waals surface area contributed by atoms with Crippen LogP contribution in [0, 0.1) is 0 Å². The molecule has 1 amide bonds.